The van der Waals surface area contributed by atoms with Crippen LogP contribution < -0.4 is 5.32 Å². The molecule has 1 unspecified atom stereocenters. The van der Waals surface area contributed by atoms with Crippen LogP contribution in [0.3, 0.4) is 0 Å². The molecule has 2 fully saturated rings. The largest absolute Gasteiger partial charge is 0.468 e. The second kappa shape index (κ2) is 6.02. The van der Waals surface area contributed by atoms with Crippen LogP contribution in [0, 0.1) is 11.8 Å². The fourth-order valence-corrected chi connectivity index (χ4v) is 2.57. The lowest BCUT2D eigenvalue weighted by Crippen LogP contribution is -2.58. The highest BCUT2D eigenvalue weighted by molar-refractivity contribution is 5.82. The van der Waals surface area contributed by atoms with Crippen LogP contribution in [0.1, 0.15) is 39.0 Å². The normalized spacial score (nSPS) is 22.6. The van der Waals surface area contributed by atoms with Crippen LogP contribution in [0.25, 0.3) is 0 Å². The third-order valence-corrected chi connectivity index (χ3v) is 4.01. The van der Waals surface area contributed by atoms with E-state index in [2.05, 4.69) is 5.32 Å². The SMILES string of the molecule is CCNC(COCCC1CC1)(C(=O)OC)C1CC1. The molecular weight excluding hydrogens is 230 g/mol. The van der Waals surface area contributed by atoms with Crippen LogP contribution in [0.5, 0.6) is 0 Å². The van der Waals surface area contributed by atoms with Gasteiger partial charge in [-0.3, -0.25) is 5.32 Å². The minimum absolute atomic E-state index is 0.168. The number of carbonyl (C=O) groups excluding carboxylic acids is 1. The van der Waals surface area contributed by atoms with Gasteiger partial charge >= 0.3 is 5.97 Å². The number of hydrogen-bond acceptors (Lipinski definition) is 4. The highest BCUT2D eigenvalue weighted by Gasteiger charge is 2.51. The Morgan fingerprint density at radius 3 is 2.56 bits per heavy atom. The fourth-order valence-electron chi connectivity index (χ4n) is 2.57. The molecule has 4 heteroatoms. The van der Waals surface area contributed by atoms with Crippen LogP contribution in [0.4, 0.5) is 0 Å². The van der Waals surface area contributed by atoms with E-state index in [1.807, 2.05) is 6.92 Å². The van der Waals surface area contributed by atoms with Gasteiger partial charge in [-0.05, 0) is 37.6 Å². The molecule has 0 saturated heterocycles. The lowest BCUT2D eigenvalue weighted by molar-refractivity contribution is -0.153. The van der Waals surface area contributed by atoms with Gasteiger partial charge in [0.25, 0.3) is 0 Å². The van der Waals surface area contributed by atoms with Crippen LogP contribution in [-0.2, 0) is 14.3 Å². The second-order valence-corrected chi connectivity index (χ2v) is 5.55. The first-order valence-corrected chi connectivity index (χ1v) is 7.14. The number of carbonyl (C=O) groups is 1. The molecular formula is C14H25NO3. The minimum Gasteiger partial charge on any atom is -0.468 e. The Hall–Kier alpha value is -0.610. The molecule has 0 aromatic rings. The molecule has 1 atom stereocenters. The first kappa shape index (κ1) is 13.8. The zero-order chi connectivity index (χ0) is 13.0. The zero-order valence-electron chi connectivity index (χ0n) is 11.5. The molecule has 0 aliphatic heterocycles. The van der Waals surface area contributed by atoms with E-state index in [-0.39, 0.29) is 5.97 Å². The van der Waals surface area contributed by atoms with Crippen molar-refractivity contribution < 1.29 is 14.3 Å². The maximum absolute atomic E-state index is 12.1. The van der Waals surface area contributed by atoms with Crippen molar-refractivity contribution in [1.29, 1.82) is 0 Å². The molecule has 0 radical (unpaired) electrons. The van der Waals surface area contributed by atoms with Crippen molar-refractivity contribution in [3.63, 3.8) is 0 Å². The van der Waals surface area contributed by atoms with Gasteiger partial charge in [-0.15, -0.1) is 0 Å². The van der Waals surface area contributed by atoms with E-state index in [0.29, 0.717) is 12.5 Å². The first-order valence-electron chi connectivity index (χ1n) is 7.14. The Kier molecular flexibility index (Phi) is 4.62. The Morgan fingerprint density at radius 2 is 2.06 bits per heavy atom. The molecule has 0 spiro atoms. The van der Waals surface area contributed by atoms with Gasteiger partial charge in [0.1, 0.15) is 5.54 Å². The summed E-state index contributed by atoms with van der Waals surface area (Å²) in [5.41, 5.74) is -0.604. The lowest BCUT2D eigenvalue weighted by Gasteiger charge is -2.31. The van der Waals surface area contributed by atoms with Gasteiger partial charge in [-0.25, -0.2) is 4.79 Å². The summed E-state index contributed by atoms with van der Waals surface area (Å²) in [6, 6.07) is 0. The monoisotopic (exact) mass is 255 g/mol. The molecule has 0 heterocycles. The maximum atomic E-state index is 12.1. The molecule has 18 heavy (non-hydrogen) atoms. The summed E-state index contributed by atoms with van der Waals surface area (Å²) in [6.07, 6.45) is 6.01. The molecule has 2 aliphatic rings. The average Bonchev–Trinajstić information content (AvgIpc) is 3.24. The molecule has 1 N–H and O–H groups in total. The summed E-state index contributed by atoms with van der Waals surface area (Å²) in [5.74, 6) is 1.08. The number of rotatable bonds is 9. The molecule has 2 saturated carbocycles. The highest BCUT2D eigenvalue weighted by atomic mass is 16.5. The standard InChI is InChI=1S/C14H25NO3/c1-3-15-14(12-6-7-12,13(16)17-2)10-18-9-8-11-4-5-11/h11-12,15H,3-10H2,1-2H3. The Morgan fingerprint density at radius 1 is 1.33 bits per heavy atom. The van der Waals surface area contributed by atoms with E-state index in [1.54, 1.807) is 0 Å². The number of esters is 1. The van der Waals surface area contributed by atoms with Crippen molar-refractivity contribution in [2.45, 2.75) is 44.6 Å². The number of ether oxygens (including phenoxy) is 2. The summed E-state index contributed by atoms with van der Waals surface area (Å²) in [7, 11) is 1.46. The molecule has 4 nitrogen and oxygen atoms in total. The summed E-state index contributed by atoms with van der Waals surface area (Å²) in [5, 5.41) is 3.31. The van der Waals surface area contributed by atoms with Gasteiger partial charge in [0.2, 0.25) is 0 Å². The molecule has 0 aromatic carbocycles. The van der Waals surface area contributed by atoms with Crippen molar-refractivity contribution in [3.05, 3.63) is 0 Å². The van der Waals surface area contributed by atoms with Crippen LogP contribution in [-0.4, -0.2) is 38.4 Å². The van der Waals surface area contributed by atoms with Gasteiger partial charge in [0.05, 0.1) is 13.7 Å². The van der Waals surface area contributed by atoms with Crippen molar-refractivity contribution in [2.24, 2.45) is 11.8 Å². The maximum Gasteiger partial charge on any atom is 0.328 e. The van der Waals surface area contributed by atoms with Crippen molar-refractivity contribution in [2.75, 3.05) is 26.9 Å². The van der Waals surface area contributed by atoms with Crippen LogP contribution >= 0.6 is 0 Å². The van der Waals surface area contributed by atoms with Gasteiger partial charge in [0.15, 0.2) is 0 Å². The summed E-state index contributed by atoms with van der Waals surface area (Å²) in [4.78, 5) is 12.1. The number of methoxy groups -OCH3 is 1. The van der Waals surface area contributed by atoms with Crippen molar-refractivity contribution in [3.8, 4) is 0 Å². The summed E-state index contributed by atoms with van der Waals surface area (Å²) >= 11 is 0. The Bertz CT molecular complexity index is 287. The smallest absolute Gasteiger partial charge is 0.328 e. The van der Waals surface area contributed by atoms with E-state index >= 15 is 0 Å². The number of likely N-dealkylation sites (N-methyl/N-ethyl adjacent to an activating group) is 1. The molecule has 104 valence electrons. The summed E-state index contributed by atoms with van der Waals surface area (Å²) in [6.45, 7) is 3.99. The minimum atomic E-state index is -0.604. The van der Waals surface area contributed by atoms with E-state index < -0.39 is 5.54 Å². The zero-order valence-corrected chi connectivity index (χ0v) is 11.5. The quantitative estimate of drug-likeness (QED) is 0.503. The van der Waals surface area contributed by atoms with Gasteiger partial charge < -0.3 is 9.47 Å². The van der Waals surface area contributed by atoms with E-state index in [0.717, 1.165) is 38.3 Å². The molecule has 2 rings (SSSR count). The lowest BCUT2D eigenvalue weighted by atomic mass is 9.94. The predicted molar refractivity (Wildman–Crippen MR) is 69.3 cm³/mol. The molecule has 0 bridgehead atoms. The summed E-state index contributed by atoms with van der Waals surface area (Å²) < 4.78 is 10.7. The Labute approximate surface area is 109 Å². The van der Waals surface area contributed by atoms with Gasteiger partial charge in [-0.1, -0.05) is 19.8 Å². The second-order valence-electron chi connectivity index (χ2n) is 5.55. The van der Waals surface area contributed by atoms with Crippen LogP contribution in [0.15, 0.2) is 0 Å². The number of hydrogen-bond donors (Lipinski definition) is 1. The molecule has 0 amide bonds. The Balaban J connectivity index is 1.86. The highest BCUT2D eigenvalue weighted by Crippen LogP contribution is 2.41. The van der Waals surface area contributed by atoms with Gasteiger partial charge in [0, 0.05) is 6.61 Å². The molecule has 0 aromatic heterocycles. The third-order valence-electron chi connectivity index (χ3n) is 4.01. The van der Waals surface area contributed by atoms with E-state index in [9.17, 15) is 4.79 Å². The fraction of sp³-hybridized carbons (Fsp3) is 0.929. The predicted octanol–water partition coefficient (Wildman–Crippen LogP) is 1.73. The van der Waals surface area contributed by atoms with Crippen LogP contribution in [0.2, 0.25) is 0 Å². The van der Waals surface area contributed by atoms with Crippen molar-refractivity contribution in [1.82, 2.24) is 5.32 Å². The average molecular weight is 255 g/mol. The third kappa shape index (κ3) is 3.23. The topological polar surface area (TPSA) is 47.6 Å². The van der Waals surface area contributed by atoms with Crippen molar-refractivity contribution >= 4 is 5.97 Å². The van der Waals surface area contributed by atoms with Gasteiger partial charge in [-0.2, -0.15) is 0 Å². The first-order chi connectivity index (χ1) is 8.73. The molecule has 2 aliphatic carbocycles. The van der Waals surface area contributed by atoms with E-state index in [1.165, 1.54) is 20.0 Å². The van der Waals surface area contributed by atoms with E-state index in [4.69, 9.17) is 9.47 Å². The number of nitrogens with one attached hydrogen (secondary N) is 1.